The third-order valence-corrected chi connectivity index (χ3v) is 2.71. The Morgan fingerprint density at radius 2 is 2.07 bits per heavy atom. The van der Waals surface area contributed by atoms with E-state index < -0.39 is 0 Å². The summed E-state index contributed by atoms with van der Waals surface area (Å²) < 4.78 is 0. The van der Waals surface area contributed by atoms with Gasteiger partial charge in [-0.05, 0) is 43.8 Å². The zero-order valence-electron chi connectivity index (χ0n) is 9.93. The second-order valence-corrected chi connectivity index (χ2v) is 3.50. The van der Waals surface area contributed by atoms with Crippen molar-refractivity contribution in [1.29, 1.82) is 0 Å². The average Bonchev–Trinajstić information content (AvgIpc) is 2.23. The molecule has 14 heavy (non-hydrogen) atoms. The van der Waals surface area contributed by atoms with Gasteiger partial charge in [0, 0.05) is 0 Å². The molecule has 1 unspecified atom stereocenters. The molecule has 0 amide bonds. The minimum absolute atomic E-state index is 0.746. The van der Waals surface area contributed by atoms with Crippen LogP contribution in [-0.2, 0) is 0 Å². The summed E-state index contributed by atoms with van der Waals surface area (Å²) in [5.41, 5.74) is 2.97. The molecule has 0 heterocycles. The lowest BCUT2D eigenvalue weighted by atomic mass is 9.85. The molecule has 0 saturated heterocycles. The molecule has 1 aliphatic carbocycles. The van der Waals surface area contributed by atoms with Crippen LogP contribution in [0.15, 0.2) is 23.3 Å². The Kier molecular flexibility index (Phi) is 6.93. The maximum atomic E-state index is 5.17. The fourth-order valence-corrected chi connectivity index (χ4v) is 1.69. The summed E-state index contributed by atoms with van der Waals surface area (Å²) in [6, 6.07) is 0. The summed E-state index contributed by atoms with van der Waals surface area (Å²) in [5, 5.41) is 0. The van der Waals surface area contributed by atoms with Crippen molar-refractivity contribution in [3.05, 3.63) is 23.3 Å². The summed E-state index contributed by atoms with van der Waals surface area (Å²) in [7, 11) is 0. The predicted molar refractivity (Wildman–Crippen MR) is 65.0 cm³/mol. The number of terminal acetylenes is 1. The number of hydrogen-bond donors (Lipinski definition) is 0. The molecule has 0 saturated carbocycles. The van der Waals surface area contributed by atoms with Crippen LogP contribution >= 0.6 is 0 Å². The molecule has 0 N–H and O–H groups in total. The van der Waals surface area contributed by atoms with Crippen LogP contribution in [0.2, 0.25) is 0 Å². The summed E-state index contributed by atoms with van der Waals surface area (Å²) >= 11 is 0. The van der Waals surface area contributed by atoms with Gasteiger partial charge in [0.25, 0.3) is 0 Å². The second kappa shape index (κ2) is 7.44. The van der Waals surface area contributed by atoms with Crippen LogP contribution in [0.5, 0.6) is 0 Å². The van der Waals surface area contributed by atoms with Gasteiger partial charge in [0.05, 0.1) is 0 Å². The van der Waals surface area contributed by atoms with Gasteiger partial charge >= 0.3 is 0 Å². The van der Waals surface area contributed by atoms with E-state index in [2.05, 4.69) is 25.8 Å². The SMILES string of the molecule is C#C/C=C\C1=C(C)C(C)CCC1.CC. The largest absolute Gasteiger partial charge is 0.115 e. The Bertz CT molecular complexity index is 248. The van der Waals surface area contributed by atoms with Crippen LogP contribution in [0.1, 0.15) is 47.0 Å². The van der Waals surface area contributed by atoms with E-state index in [4.69, 9.17) is 6.42 Å². The Morgan fingerprint density at radius 1 is 1.43 bits per heavy atom. The van der Waals surface area contributed by atoms with Gasteiger partial charge in [0.15, 0.2) is 0 Å². The van der Waals surface area contributed by atoms with E-state index in [-0.39, 0.29) is 0 Å². The minimum Gasteiger partial charge on any atom is -0.115 e. The molecule has 0 aromatic heterocycles. The molecule has 0 heteroatoms. The van der Waals surface area contributed by atoms with Gasteiger partial charge in [-0.1, -0.05) is 38.3 Å². The molecule has 78 valence electrons. The van der Waals surface area contributed by atoms with E-state index in [0.717, 1.165) is 5.92 Å². The van der Waals surface area contributed by atoms with Crippen LogP contribution in [0.4, 0.5) is 0 Å². The molecule has 0 spiro atoms. The molecule has 0 aromatic rings. The molecule has 0 radical (unpaired) electrons. The molecule has 0 bridgehead atoms. The standard InChI is InChI=1S/C12H16.C2H6/c1-4-5-8-12-9-6-7-10(2)11(12)3;1-2/h1,5,8,10H,6-7,9H2,2-3H3;1-2H3/b8-5-;. The number of hydrogen-bond acceptors (Lipinski definition) is 0. The van der Waals surface area contributed by atoms with Crippen LogP contribution in [0.25, 0.3) is 0 Å². The van der Waals surface area contributed by atoms with E-state index in [0.29, 0.717) is 0 Å². The zero-order valence-corrected chi connectivity index (χ0v) is 9.93. The average molecular weight is 190 g/mol. The number of rotatable bonds is 1. The first kappa shape index (κ1) is 13.0. The fraction of sp³-hybridized carbons (Fsp3) is 0.571. The summed E-state index contributed by atoms with van der Waals surface area (Å²) in [6.07, 6.45) is 12.9. The van der Waals surface area contributed by atoms with Crippen LogP contribution < -0.4 is 0 Å². The molecule has 0 fully saturated rings. The van der Waals surface area contributed by atoms with Gasteiger partial charge < -0.3 is 0 Å². The third kappa shape index (κ3) is 3.83. The summed E-state index contributed by atoms with van der Waals surface area (Å²) in [4.78, 5) is 0. The van der Waals surface area contributed by atoms with Crippen molar-refractivity contribution in [2.24, 2.45) is 5.92 Å². The molecular formula is C14H22. The van der Waals surface area contributed by atoms with Crippen molar-refractivity contribution in [1.82, 2.24) is 0 Å². The Labute approximate surface area is 89.1 Å². The molecule has 1 aliphatic rings. The van der Waals surface area contributed by atoms with Gasteiger partial charge in [0.1, 0.15) is 0 Å². The van der Waals surface area contributed by atoms with Crippen LogP contribution in [0.3, 0.4) is 0 Å². The van der Waals surface area contributed by atoms with Gasteiger partial charge in [0.2, 0.25) is 0 Å². The first-order chi connectivity index (χ1) is 6.75. The van der Waals surface area contributed by atoms with Gasteiger partial charge in [-0.25, -0.2) is 0 Å². The van der Waals surface area contributed by atoms with Crippen molar-refractivity contribution in [3.63, 3.8) is 0 Å². The lowest BCUT2D eigenvalue weighted by molar-refractivity contribution is 0.541. The molecule has 0 nitrogen and oxygen atoms in total. The Hall–Kier alpha value is -0.960. The van der Waals surface area contributed by atoms with Crippen molar-refractivity contribution in [3.8, 4) is 12.3 Å². The third-order valence-electron chi connectivity index (χ3n) is 2.71. The van der Waals surface area contributed by atoms with Gasteiger partial charge in [-0.2, -0.15) is 0 Å². The second-order valence-electron chi connectivity index (χ2n) is 3.50. The lowest BCUT2D eigenvalue weighted by Crippen LogP contribution is -2.05. The number of allylic oxidation sites excluding steroid dienone is 4. The topological polar surface area (TPSA) is 0 Å². The Balaban J connectivity index is 0.000000791. The highest BCUT2D eigenvalue weighted by Gasteiger charge is 2.13. The summed E-state index contributed by atoms with van der Waals surface area (Å²) in [5.74, 6) is 3.28. The highest BCUT2D eigenvalue weighted by molar-refractivity contribution is 5.31. The van der Waals surface area contributed by atoms with Gasteiger partial charge in [-0.3, -0.25) is 0 Å². The first-order valence-corrected chi connectivity index (χ1v) is 5.58. The van der Waals surface area contributed by atoms with E-state index >= 15 is 0 Å². The van der Waals surface area contributed by atoms with Crippen molar-refractivity contribution < 1.29 is 0 Å². The molecular weight excluding hydrogens is 168 g/mol. The highest BCUT2D eigenvalue weighted by Crippen LogP contribution is 2.29. The normalized spacial score (nSPS) is 21.5. The van der Waals surface area contributed by atoms with Gasteiger partial charge in [-0.15, -0.1) is 6.42 Å². The quantitative estimate of drug-likeness (QED) is 0.540. The van der Waals surface area contributed by atoms with Crippen molar-refractivity contribution in [2.45, 2.75) is 47.0 Å². The molecule has 1 atom stereocenters. The maximum absolute atomic E-state index is 5.17. The van der Waals surface area contributed by atoms with E-state index in [1.165, 1.54) is 30.4 Å². The van der Waals surface area contributed by atoms with E-state index in [1.807, 2.05) is 13.8 Å². The van der Waals surface area contributed by atoms with Crippen LogP contribution in [0, 0.1) is 18.3 Å². The summed E-state index contributed by atoms with van der Waals surface area (Å²) in [6.45, 7) is 8.51. The zero-order chi connectivity index (χ0) is 11.0. The van der Waals surface area contributed by atoms with Crippen molar-refractivity contribution >= 4 is 0 Å². The van der Waals surface area contributed by atoms with E-state index in [9.17, 15) is 0 Å². The lowest BCUT2D eigenvalue weighted by Gasteiger charge is -2.21. The smallest absolute Gasteiger partial charge is 0.0119 e. The minimum atomic E-state index is 0.746. The monoisotopic (exact) mass is 190 g/mol. The molecule has 0 aliphatic heterocycles. The molecule has 1 rings (SSSR count). The van der Waals surface area contributed by atoms with Crippen molar-refractivity contribution in [2.75, 3.05) is 0 Å². The fourth-order valence-electron chi connectivity index (χ4n) is 1.69. The maximum Gasteiger partial charge on any atom is -0.0119 e. The predicted octanol–water partition coefficient (Wildman–Crippen LogP) is 4.34. The highest BCUT2D eigenvalue weighted by atomic mass is 14.2. The first-order valence-electron chi connectivity index (χ1n) is 5.58. The molecule has 0 aromatic carbocycles. The van der Waals surface area contributed by atoms with Crippen LogP contribution in [-0.4, -0.2) is 0 Å². The Morgan fingerprint density at radius 3 is 2.64 bits per heavy atom. The van der Waals surface area contributed by atoms with E-state index in [1.54, 1.807) is 6.08 Å².